The predicted octanol–water partition coefficient (Wildman–Crippen LogP) is 2.40. The Balaban J connectivity index is 2.26. The summed E-state index contributed by atoms with van der Waals surface area (Å²) >= 11 is 6.82. The number of aromatic nitrogens is 4. The van der Waals surface area contributed by atoms with Crippen LogP contribution in [0, 0.1) is 4.77 Å². The molecule has 2 aromatic rings. The molecule has 0 atom stereocenters. The second kappa shape index (κ2) is 4.67. The largest absolute Gasteiger partial charge is 0.297 e. The van der Waals surface area contributed by atoms with Gasteiger partial charge in [-0.1, -0.05) is 6.92 Å². The topological polar surface area (TPSA) is 46.5 Å². The van der Waals surface area contributed by atoms with Crippen LogP contribution in [0.5, 0.6) is 0 Å². The molecule has 0 radical (unpaired) electrons. The summed E-state index contributed by atoms with van der Waals surface area (Å²) < 4.78 is 2.69. The lowest BCUT2D eigenvalue weighted by Crippen LogP contribution is -2.04. The Morgan fingerprint density at radius 2 is 2.47 bits per heavy atom. The van der Waals surface area contributed by atoms with E-state index in [4.69, 9.17) is 12.2 Å². The van der Waals surface area contributed by atoms with Gasteiger partial charge in [-0.3, -0.25) is 9.67 Å². The molecule has 6 heteroatoms. The summed E-state index contributed by atoms with van der Waals surface area (Å²) in [5, 5.41) is 10.1. The number of thiazole rings is 1. The molecule has 0 unspecified atom stereocenters. The molecule has 15 heavy (non-hydrogen) atoms. The molecule has 2 aromatic heterocycles. The maximum absolute atomic E-state index is 5.18. The molecule has 80 valence electrons. The summed E-state index contributed by atoms with van der Waals surface area (Å²) in [4.78, 5) is 4.24. The lowest BCUT2D eigenvalue weighted by Gasteiger charge is -2.02. The molecular formula is C9H12N4S2. The molecule has 0 fully saturated rings. The third-order valence-electron chi connectivity index (χ3n) is 2.09. The van der Waals surface area contributed by atoms with Gasteiger partial charge in [0.25, 0.3) is 0 Å². The Morgan fingerprint density at radius 1 is 1.60 bits per heavy atom. The van der Waals surface area contributed by atoms with E-state index in [1.165, 1.54) is 0 Å². The van der Waals surface area contributed by atoms with Crippen LogP contribution in [0.1, 0.15) is 24.2 Å². The molecule has 2 rings (SSSR count). The molecule has 0 aliphatic carbocycles. The van der Waals surface area contributed by atoms with Crippen LogP contribution in [0.25, 0.3) is 0 Å². The van der Waals surface area contributed by atoms with Crippen molar-refractivity contribution in [3.05, 3.63) is 27.2 Å². The van der Waals surface area contributed by atoms with E-state index in [0.29, 0.717) is 4.77 Å². The Labute approximate surface area is 97.0 Å². The summed E-state index contributed by atoms with van der Waals surface area (Å²) in [6.07, 6.45) is 3.82. The molecule has 2 heterocycles. The fourth-order valence-corrected chi connectivity index (χ4v) is 2.21. The van der Waals surface area contributed by atoms with Crippen LogP contribution in [0.15, 0.2) is 11.6 Å². The smallest absolute Gasteiger partial charge is 0.195 e. The van der Waals surface area contributed by atoms with Gasteiger partial charge in [-0.05, 0) is 18.6 Å². The monoisotopic (exact) mass is 240 g/mol. The summed E-state index contributed by atoms with van der Waals surface area (Å²) in [5.41, 5.74) is 0. The molecule has 0 amide bonds. The molecule has 0 saturated carbocycles. The van der Waals surface area contributed by atoms with Crippen molar-refractivity contribution in [3.63, 3.8) is 0 Å². The van der Waals surface area contributed by atoms with E-state index in [2.05, 4.69) is 22.1 Å². The van der Waals surface area contributed by atoms with Crippen LogP contribution >= 0.6 is 23.6 Å². The third kappa shape index (κ3) is 2.32. The number of nitrogens with one attached hydrogen (secondary N) is 1. The summed E-state index contributed by atoms with van der Waals surface area (Å²) in [5.74, 6) is 1.01. The minimum Gasteiger partial charge on any atom is -0.297 e. The van der Waals surface area contributed by atoms with Crippen molar-refractivity contribution in [1.29, 1.82) is 0 Å². The van der Waals surface area contributed by atoms with E-state index in [-0.39, 0.29) is 0 Å². The number of hydrogen-bond acceptors (Lipinski definition) is 4. The molecule has 0 spiro atoms. The average Bonchev–Trinajstić information content (AvgIpc) is 2.83. The standard InChI is InChI=1S/C9H12N4S2/c1-2-3-7-11-12-9(14)13(7)6-8-10-4-5-15-8/h4-5H,2-3,6H2,1H3,(H,12,14). The van der Waals surface area contributed by atoms with Crippen molar-refractivity contribution in [3.8, 4) is 0 Å². The van der Waals surface area contributed by atoms with E-state index in [0.717, 1.165) is 30.2 Å². The van der Waals surface area contributed by atoms with E-state index in [1.807, 2.05) is 16.1 Å². The second-order valence-electron chi connectivity index (χ2n) is 3.21. The Bertz CT molecular complexity index is 469. The molecule has 0 saturated heterocycles. The summed E-state index contributed by atoms with van der Waals surface area (Å²) in [6.45, 7) is 2.85. The SMILES string of the molecule is CCCc1n[nH]c(=S)n1Cc1nccs1. The van der Waals surface area contributed by atoms with Crippen LogP contribution in [-0.4, -0.2) is 19.7 Å². The second-order valence-corrected chi connectivity index (χ2v) is 4.57. The highest BCUT2D eigenvalue weighted by Crippen LogP contribution is 2.09. The quantitative estimate of drug-likeness (QED) is 0.835. The molecule has 0 bridgehead atoms. The summed E-state index contributed by atoms with van der Waals surface area (Å²) in [6, 6.07) is 0. The zero-order valence-corrected chi connectivity index (χ0v) is 10.1. The van der Waals surface area contributed by atoms with Gasteiger partial charge in [0.2, 0.25) is 0 Å². The molecule has 1 N–H and O–H groups in total. The van der Waals surface area contributed by atoms with Crippen LogP contribution < -0.4 is 0 Å². The van der Waals surface area contributed by atoms with Gasteiger partial charge in [0, 0.05) is 18.0 Å². The van der Waals surface area contributed by atoms with Crippen molar-refractivity contribution >= 4 is 23.6 Å². The number of hydrogen-bond donors (Lipinski definition) is 1. The van der Waals surface area contributed by atoms with E-state index in [1.54, 1.807) is 11.3 Å². The Kier molecular flexibility index (Phi) is 3.27. The third-order valence-corrected chi connectivity index (χ3v) is 3.16. The highest BCUT2D eigenvalue weighted by Gasteiger charge is 2.06. The maximum atomic E-state index is 5.18. The number of aromatic amines is 1. The zero-order valence-electron chi connectivity index (χ0n) is 8.43. The molecule has 0 aliphatic rings. The van der Waals surface area contributed by atoms with Gasteiger partial charge >= 0.3 is 0 Å². The summed E-state index contributed by atoms with van der Waals surface area (Å²) in [7, 11) is 0. The van der Waals surface area contributed by atoms with Crippen molar-refractivity contribution in [1.82, 2.24) is 19.7 Å². The zero-order chi connectivity index (χ0) is 10.7. The Morgan fingerprint density at radius 3 is 3.13 bits per heavy atom. The van der Waals surface area contributed by atoms with Gasteiger partial charge in [-0.25, -0.2) is 4.98 Å². The molecule has 0 aromatic carbocycles. The van der Waals surface area contributed by atoms with Crippen LogP contribution in [-0.2, 0) is 13.0 Å². The Hall–Kier alpha value is -1.01. The average molecular weight is 240 g/mol. The van der Waals surface area contributed by atoms with E-state index in [9.17, 15) is 0 Å². The first-order valence-electron chi connectivity index (χ1n) is 4.83. The van der Waals surface area contributed by atoms with Crippen molar-refractivity contribution < 1.29 is 0 Å². The fraction of sp³-hybridized carbons (Fsp3) is 0.444. The number of aryl methyl sites for hydroxylation is 1. The first-order valence-corrected chi connectivity index (χ1v) is 6.12. The van der Waals surface area contributed by atoms with Gasteiger partial charge < -0.3 is 0 Å². The van der Waals surface area contributed by atoms with Crippen LogP contribution in [0.2, 0.25) is 0 Å². The van der Waals surface area contributed by atoms with Gasteiger partial charge in [0.15, 0.2) is 4.77 Å². The van der Waals surface area contributed by atoms with E-state index < -0.39 is 0 Å². The van der Waals surface area contributed by atoms with Gasteiger partial charge in [-0.2, -0.15) is 5.10 Å². The first-order chi connectivity index (χ1) is 7.31. The van der Waals surface area contributed by atoms with Crippen LogP contribution in [0.3, 0.4) is 0 Å². The highest BCUT2D eigenvalue weighted by atomic mass is 32.1. The van der Waals surface area contributed by atoms with Gasteiger partial charge in [0.05, 0.1) is 6.54 Å². The molecular weight excluding hydrogens is 228 g/mol. The minimum atomic E-state index is 0.675. The number of rotatable bonds is 4. The van der Waals surface area contributed by atoms with Crippen molar-refractivity contribution in [2.45, 2.75) is 26.3 Å². The molecule has 0 aliphatic heterocycles. The predicted molar refractivity (Wildman–Crippen MR) is 62.6 cm³/mol. The maximum Gasteiger partial charge on any atom is 0.195 e. The minimum absolute atomic E-state index is 0.675. The van der Waals surface area contributed by atoms with Gasteiger partial charge in [0.1, 0.15) is 10.8 Å². The van der Waals surface area contributed by atoms with Crippen molar-refractivity contribution in [2.24, 2.45) is 0 Å². The lowest BCUT2D eigenvalue weighted by atomic mass is 10.3. The van der Waals surface area contributed by atoms with Crippen LogP contribution in [0.4, 0.5) is 0 Å². The highest BCUT2D eigenvalue weighted by molar-refractivity contribution is 7.71. The number of nitrogens with zero attached hydrogens (tertiary/aromatic N) is 3. The molecule has 4 nitrogen and oxygen atoms in total. The first kappa shape index (κ1) is 10.5. The number of H-pyrrole nitrogens is 1. The van der Waals surface area contributed by atoms with E-state index >= 15 is 0 Å². The fourth-order valence-electron chi connectivity index (χ4n) is 1.39. The lowest BCUT2D eigenvalue weighted by molar-refractivity contribution is 0.696. The normalized spacial score (nSPS) is 10.7. The van der Waals surface area contributed by atoms with Gasteiger partial charge in [-0.15, -0.1) is 11.3 Å². The van der Waals surface area contributed by atoms with Crippen molar-refractivity contribution in [2.75, 3.05) is 0 Å².